The summed E-state index contributed by atoms with van der Waals surface area (Å²) in [5.74, 6) is -0.0480. The quantitative estimate of drug-likeness (QED) is 0.761. The Kier molecular flexibility index (Phi) is 3.16. The number of aromatic nitrogens is 1. The first-order valence-electron chi connectivity index (χ1n) is 5.93. The van der Waals surface area contributed by atoms with E-state index in [9.17, 15) is 4.39 Å². The van der Waals surface area contributed by atoms with Crippen LogP contribution >= 0.6 is 11.6 Å². The van der Waals surface area contributed by atoms with Crippen LogP contribution in [0.1, 0.15) is 0 Å². The first kappa shape index (κ1) is 12.7. The van der Waals surface area contributed by atoms with Gasteiger partial charge in [-0.25, -0.2) is 4.39 Å². The van der Waals surface area contributed by atoms with E-state index in [2.05, 4.69) is 5.16 Å². The normalized spacial score (nSPS) is 10.7. The minimum absolute atomic E-state index is 0.164. The first-order valence-corrected chi connectivity index (χ1v) is 6.31. The van der Waals surface area contributed by atoms with Crippen molar-refractivity contribution < 1.29 is 8.91 Å². The molecule has 2 N–H and O–H groups in total. The Morgan fingerprint density at radius 2 is 1.75 bits per heavy atom. The number of hydrogen-bond donors (Lipinski definition) is 1. The van der Waals surface area contributed by atoms with E-state index < -0.39 is 5.82 Å². The number of nitrogens with two attached hydrogens (primary N) is 1. The fourth-order valence-electron chi connectivity index (χ4n) is 2.07. The predicted molar refractivity (Wildman–Crippen MR) is 76.8 cm³/mol. The van der Waals surface area contributed by atoms with E-state index in [0.717, 1.165) is 5.56 Å². The van der Waals surface area contributed by atoms with Gasteiger partial charge in [-0.1, -0.05) is 53.2 Å². The maximum atomic E-state index is 14.0. The molecule has 3 aromatic rings. The van der Waals surface area contributed by atoms with Crippen LogP contribution < -0.4 is 5.73 Å². The van der Waals surface area contributed by atoms with Crippen molar-refractivity contribution in [2.75, 3.05) is 5.73 Å². The van der Waals surface area contributed by atoms with E-state index in [1.807, 2.05) is 30.3 Å². The molecule has 0 saturated carbocycles. The largest absolute Gasteiger partial charge is 0.380 e. The molecule has 0 aliphatic rings. The lowest BCUT2D eigenvalue weighted by molar-refractivity contribution is 0.433. The van der Waals surface area contributed by atoms with Crippen molar-refractivity contribution in [3.05, 3.63) is 59.4 Å². The minimum atomic E-state index is -0.481. The lowest BCUT2D eigenvalue weighted by Gasteiger charge is -2.05. The van der Waals surface area contributed by atoms with E-state index in [4.69, 9.17) is 21.9 Å². The summed E-state index contributed by atoms with van der Waals surface area (Å²) >= 11 is 6.06. The van der Waals surface area contributed by atoms with Crippen LogP contribution in [0.5, 0.6) is 0 Å². The van der Waals surface area contributed by atoms with Crippen LogP contribution in [0.4, 0.5) is 10.2 Å². The van der Waals surface area contributed by atoms with Gasteiger partial charge in [0.25, 0.3) is 0 Å². The number of rotatable bonds is 2. The van der Waals surface area contributed by atoms with Crippen LogP contribution in [-0.2, 0) is 0 Å². The molecule has 0 saturated heterocycles. The zero-order chi connectivity index (χ0) is 14.1. The van der Waals surface area contributed by atoms with Gasteiger partial charge in [-0.05, 0) is 17.7 Å². The molecule has 3 rings (SSSR count). The highest BCUT2D eigenvalue weighted by atomic mass is 35.5. The Bertz CT molecular complexity index is 736. The van der Waals surface area contributed by atoms with Gasteiger partial charge in [-0.2, -0.15) is 0 Å². The molecule has 0 amide bonds. The maximum absolute atomic E-state index is 14.0. The maximum Gasteiger partial charge on any atom is 0.181 e. The molecule has 0 unspecified atom stereocenters. The van der Waals surface area contributed by atoms with Gasteiger partial charge in [-0.15, -0.1) is 0 Å². The Labute approximate surface area is 119 Å². The Hall–Kier alpha value is -2.33. The number of nitrogen functional groups attached to an aromatic ring is 1. The summed E-state index contributed by atoms with van der Waals surface area (Å²) in [4.78, 5) is 0. The van der Waals surface area contributed by atoms with Crippen molar-refractivity contribution in [1.29, 1.82) is 0 Å². The first-order chi connectivity index (χ1) is 9.68. The molecule has 0 spiro atoms. The van der Waals surface area contributed by atoms with Gasteiger partial charge in [0.1, 0.15) is 5.82 Å². The molecule has 1 aromatic heterocycles. The van der Waals surface area contributed by atoms with Crippen molar-refractivity contribution in [2.24, 2.45) is 0 Å². The lowest BCUT2D eigenvalue weighted by Crippen LogP contribution is -1.90. The molecule has 3 nitrogen and oxygen atoms in total. The highest BCUT2D eigenvalue weighted by Crippen LogP contribution is 2.40. The molecule has 5 heteroatoms. The molecular weight excluding hydrogens is 279 g/mol. The van der Waals surface area contributed by atoms with Crippen LogP contribution in [0.3, 0.4) is 0 Å². The third-order valence-corrected chi connectivity index (χ3v) is 3.29. The number of benzene rings is 2. The molecular formula is C15H10ClFN2O. The zero-order valence-corrected chi connectivity index (χ0v) is 11.1. The molecule has 0 atom stereocenters. The van der Waals surface area contributed by atoms with E-state index in [1.54, 1.807) is 6.07 Å². The van der Waals surface area contributed by atoms with Gasteiger partial charge in [-0.3, -0.25) is 0 Å². The highest BCUT2D eigenvalue weighted by Gasteiger charge is 2.22. The summed E-state index contributed by atoms with van der Waals surface area (Å²) in [6.45, 7) is 0. The van der Waals surface area contributed by atoms with Crippen molar-refractivity contribution >= 4 is 17.4 Å². The van der Waals surface area contributed by atoms with Crippen molar-refractivity contribution in [1.82, 2.24) is 5.16 Å². The van der Waals surface area contributed by atoms with Gasteiger partial charge in [0, 0.05) is 0 Å². The van der Waals surface area contributed by atoms with E-state index in [1.165, 1.54) is 12.1 Å². The second kappa shape index (κ2) is 4.98. The second-order valence-corrected chi connectivity index (χ2v) is 4.64. The summed E-state index contributed by atoms with van der Waals surface area (Å²) in [5.41, 5.74) is 7.34. The summed E-state index contributed by atoms with van der Waals surface area (Å²) in [6.07, 6.45) is 0. The summed E-state index contributed by atoms with van der Waals surface area (Å²) in [7, 11) is 0. The van der Waals surface area contributed by atoms with Crippen LogP contribution in [-0.4, -0.2) is 5.16 Å². The number of halogens is 2. The molecule has 100 valence electrons. The molecule has 2 aromatic carbocycles. The molecule has 0 bridgehead atoms. The zero-order valence-electron chi connectivity index (χ0n) is 10.3. The van der Waals surface area contributed by atoms with Crippen LogP contribution in [0.25, 0.3) is 22.5 Å². The van der Waals surface area contributed by atoms with Crippen molar-refractivity contribution in [3.63, 3.8) is 0 Å². The van der Waals surface area contributed by atoms with E-state index in [0.29, 0.717) is 5.56 Å². The molecule has 0 fully saturated rings. The van der Waals surface area contributed by atoms with Crippen LogP contribution in [0.15, 0.2) is 53.1 Å². The fourth-order valence-corrected chi connectivity index (χ4v) is 2.32. The van der Waals surface area contributed by atoms with Gasteiger partial charge in [0.05, 0.1) is 16.1 Å². The Morgan fingerprint density at radius 3 is 2.45 bits per heavy atom. The molecule has 1 heterocycles. The van der Waals surface area contributed by atoms with Crippen LogP contribution in [0, 0.1) is 5.82 Å². The Morgan fingerprint density at radius 1 is 1.00 bits per heavy atom. The third kappa shape index (κ3) is 2.04. The number of hydrogen-bond acceptors (Lipinski definition) is 3. The monoisotopic (exact) mass is 288 g/mol. The van der Waals surface area contributed by atoms with Gasteiger partial charge in [0.2, 0.25) is 0 Å². The van der Waals surface area contributed by atoms with Crippen molar-refractivity contribution in [2.45, 2.75) is 0 Å². The van der Waals surface area contributed by atoms with Gasteiger partial charge in [0.15, 0.2) is 11.6 Å². The molecule has 0 radical (unpaired) electrons. The summed E-state index contributed by atoms with van der Waals surface area (Å²) < 4.78 is 19.2. The SMILES string of the molecule is Nc1noc(-c2c(F)cccc2Cl)c1-c1ccccc1. The van der Waals surface area contributed by atoms with Gasteiger partial charge >= 0.3 is 0 Å². The predicted octanol–water partition coefficient (Wildman–Crippen LogP) is 4.38. The standard InChI is InChI=1S/C15H10ClFN2O/c16-10-7-4-8-11(17)13(10)14-12(15(18)19-20-14)9-5-2-1-3-6-9/h1-8H,(H2,18,19). The summed E-state index contributed by atoms with van der Waals surface area (Å²) in [6, 6.07) is 13.7. The summed E-state index contributed by atoms with van der Waals surface area (Å²) in [5, 5.41) is 3.98. The third-order valence-electron chi connectivity index (χ3n) is 2.97. The van der Waals surface area contributed by atoms with Gasteiger partial charge < -0.3 is 10.3 Å². The fraction of sp³-hybridized carbons (Fsp3) is 0. The van der Waals surface area contributed by atoms with E-state index >= 15 is 0 Å². The van der Waals surface area contributed by atoms with E-state index in [-0.39, 0.29) is 22.2 Å². The Balaban J connectivity index is 2.27. The molecule has 0 aliphatic heterocycles. The number of nitrogens with zero attached hydrogens (tertiary/aromatic N) is 1. The lowest BCUT2D eigenvalue weighted by atomic mass is 10.0. The average molecular weight is 289 g/mol. The average Bonchev–Trinajstić information content (AvgIpc) is 2.81. The minimum Gasteiger partial charge on any atom is -0.380 e. The van der Waals surface area contributed by atoms with Crippen LogP contribution in [0.2, 0.25) is 5.02 Å². The molecule has 20 heavy (non-hydrogen) atoms. The molecule has 0 aliphatic carbocycles. The smallest absolute Gasteiger partial charge is 0.181 e. The number of anilines is 1. The second-order valence-electron chi connectivity index (χ2n) is 4.23. The highest BCUT2D eigenvalue weighted by molar-refractivity contribution is 6.33. The van der Waals surface area contributed by atoms with Crippen molar-refractivity contribution in [3.8, 4) is 22.5 Å². The topological polar surface area (TPSA) is 52.0 Å².